The van der Waals surface area contributed by atoms with Gasteiger partial charge in [0.05, 0.1) is 42.1 Å². The molecule has 2 heterocycles. The number of halogens is 3. The Kier molecular flexibility index (Phi) is 7.26. The molecule has 0 unspecified atom stereocenters. The molecule has 3 aromatic rings. The van der Waals surface area contributed by atoms with Crippen molar-refractivity contribution in [3.05, 3.63) is 83.6 Å². The third kappa shape index (κ3) is 6.01. The lowest BCUT2D eigenvalue weighted by Crippen LogP contribution is -2.36. The van der Waals surface area contributed by atoms with E-state index in [2.05, 4.69) is 27.0 Å². The molecule has 8 heteroatoms. The summed E-state index contributed by atoms with van der Waals surface area (Å²) < 4.78 is 44.3. The number of hydrogen-bond acceptors (Lipinski definition) is 4. The Morgan fingerprint density at radius 1 is 1.06 bits per heavy atom. The quantitative estimate of drug-likeness (QED) is 0.568. The number of hydrogen-bond donors (Lipinski definition) is 1. The summed E-state index contributed by atoms with van der Waals surface area (Å²) in [4.78, 5) is 19.4. The molecule has 1 aliphatic rings. The van der Waals surface area contributed by atoms with Gasteiger partial charge in [0, 0.05) is 30.5 Å². The molecule has 34 heavy (non-hydrogen) atoms. The van der Waals surface area contributed by atoms with Gasteiger partial charge in [-0.05, 0) is 24.3 Å². The zero-order valence-electron chi connectivity index (χ0n) is 18.2. The van der Waals surface area contributed by atoms with Crippen molar-refractivity contribution >= 4 is 11.6 Å². The molecular weight excluding hydrogens is 443 g/mol. The first kappa shape index (κ1) is 23.5. The summed E-state index contributed by atoms with van der Waals surface area (Å²) in [5, 5.41) is 2.52. The maximum atomic E-state index is 13.0. The Bertz CT molecular complexity index is 1210. The van der Waals surface area contributed by atoms with Crippen molar-refractivity contribution in [1.82, 2.24) is 9.88 Å². The average Bonchev–Trinajstić information content (AvgIpc) is 2.85. The van der Waals surface area contributed by atoms with Gasteiger partial charge in [-0.2, -0.15) is 13.2 Å². The molecule has 1 amide bonds. The first-order valence-corrected chi connectivity index (χ1v) is 10.7. The fraction of sp³-hybridized carbons (Fsp3) is 0.231. The Morgan fingerprint density at radius 2 is 1.82 bits per heavy atom. The van der Waals surface area contributed by atoms with E-state index in [0.717, 1.165) is 30.8 Å². The number of pyridine rings is 1. The highest BCUT2D eigenvalue weighted by atomic mass is 19.4. The fourth-order valence-corrected chi connectivity index (χ4v) is 3.49. The second-order valence-corrected chi connectivity index (χ2v) is 7.71. The van der Waals surface area contributed by atoms with Crippen LogP contribution in [0.5, 0.6) is 0 Å². The van der Waals surface area contributed by atoms with Crippen molar-refractivity contribution in [2.24, 2.45) is 0 Å². The largest absolute Gasteiger partial charge is 0.416 e. The number of morpholine rings is 1. The molecule has 0 radical (unpaired) electrons. The molecule has 174 valence electrons. The van der Waals surface area contributed by atoms with Gasteiger partial charge >= 0.3 is 6.18 Å². The molecule has 2 aromatic carbocycles. The molecule has 0 aliphatic carbocycles. The zero-order valence-corrected chi connectivity index (χ0v) is 18.2. The number of carbonyl (C=O) groups is 1. The van der Waals surface area contributed by atoms with Gasteiger partial charge < -0.3 is 10.1 Å². The second-order valence-electron chi connectivity index (χ2n) is 7.71. The van der Waals surface area contributed by atoms with Crippen LogP contribution in [-0.4, -0.2) is 48.6 Å². The molecule has 4 rings (SSSR count). The monoisotopic (exact) mass is 465 g/mol. The van der Waals surface area contributed by atoms with E-state index in [-0.39, 0.29) is 11.3 Å². The van der Waals surface area contributed by atoms with Gasteiger partial charge in [0.25, 0.3) is 5.91 Å². The van der Waals surface area contributed by atoms with E-state index in [0.29, 0.717) is 31.0 Å². The van der Waals surface area contributed by atoms with E-state index >= 15 is 0 Å². The minimum Gasteiger partial charge on any atom is -0.379 e. The van der Waals surface area contributed by atoms with Gasteiger partial charge in [-0.1, -0.05) is 48.2 Å². The van der Waals surface area contributed by atoms with E-state index in [1.54, 1.807) is 6.07 Å². The Hall–Kier alpha value is -3.67. The lowest BCUT2D eigenvalue weighted by atomic mass is 10.0. The second kappa shape index (κ2) is 10.5. The Balaban J connectivity index is 1.60. The van der Waals surface area contributed by atoms with Crippen molar-refractivity contribution in [2.75, 3.05) is 38.2 Å². The van der Waals surface area contributed by atoms with Crippen LogP contribution in [0.25, 0.3) is 11.3 Å². The fourth-order valence-electron chi connectivity index (χ4n) is 3.49. The van der Waals surface area contributed by atoms with Crippen LogP contribution in [0.2, 0.25) is 0 Å². The highest BCUT2D eigenvalue weighted by Gasteiger charge is 2.30. The van der Waals surface area contributed by atoms with E-state index in [1.807, 2.05) is 30.3 Å². The number of ether oxygens (including phenoxy) is 1. The summed E-state index contributed by atoms with van der Waals surface area (Å²) in [6.45, 7) is 3.50. The molecule has 0 saturated carbocycles. The minimum absolute atomic E-state index is 0.0481. The summed E-state index contributed by atoms with van der Waals surface area (Å²) in [6, 6.07) is 15.6. The minimum atomic E-state index is -4.50. The predicted octanol–water partition coefficient (Wildman–Crippen LogP) is 4.70. The summed E-state index contributed by atoms with van der Waals surface area (Å²) in [5.74, 6) is 5.70. The summed E-state index contributed by atoms with van der Waals surface area (Å²) in [6.07, 6.45) is -3.10. The van der Waals surface area contributed by atoms with Gasteiger partial charge in [0.15, 0.2) is 0 Å². The molecule has 0 atom stereocenters. The van der Waals surface area contributed by atoms with Gasteiger partial charge in [-0.3, -0.25) is 14.7 Å². The van der Waals surface area contributed by atoms with Gasteiger partial charge in [0.1, 0.15) is 0 Å². The average molecular weight is 465 g/mol. The molecule has 1 aromatic heterocycles. The first-order chi connectivity index (χ1) is 16.4. The van der Waals surface area contributed by atoms with E-state index in [4.69, 9.17) is 4.74 Å². The van der Waals surface area contributed by atoms with Crippen LogP contribution >= 0.6 is 0 Å². The van der Waals surface area contributed by atoms with Crippen molar-refractivity contribution in [1.29, 1.82) is 0 Å². The van der Waals surface area contributed by atoms with Gasteiger partial charge in [-0.25, -0.2) is 0 Å². The zero-order chi connectivity index (χ0) is 24.0. The van der Waals surface area contributed by atoms with Crippen molar-refractivity contribution in [3.63, 3.8) is 0 Å². The highest BCUT2D eigenvalue weighted by Crippen LogP contribution is 2.31. The van der Waals surface area contributed by atoms with Crippen LogP contribution in [0.15, 0.2) is 66.9 Å². The van der Waals surface area contributed by atoms with Crippen molar-refractivity contribution in [3.8, 4) is 23.1 Å². The van der Waals surface area contributed by atoms with E-state index < -0.39 is 17.6 Å². The third-order valence-electron chi connectivity index (χ3n) is 5.27. The topological polar surface area (TPSA) is 54.5 Å². The normalized spacial score (nSPS) is 14.2. The van der Waals surface area contributed by atoms with Crippen LogP contribution in [0.3, 0.4) is 0 Å². The molecule has 5 nitrogen and oxygen atoms in total. The number of aromatic nitrogens is 1. The number of carbonyl (C=O) groups excluding carboxylic acids is 1. The number of anilines is 1. The van der Waals surface area contributed by atoms with Crippen LogP contribution in [0, 0.1) is 11.8 Å². The standard InChI is InChI=1S/C26H22F3N3O2/c27-26(28,29)22-9-4-10-23(17-22)31-25(33)21-16-20(8-5-11-32-12-14-34-15-13-32)24(30-18-21)19-6-2-1-3-7-19/h1-4,6-7,9-10,16-18H,11-15H2,(H,31,33). The summed E-state index contributed by atoms with van der Waals surface area (Å²) in [5.41, 5.74) is 1.46. The Labute approximate surface area is 195 Å². The van der Waals surface area contributed by atoms with E-state index in [1.165, 1.54) is 18.3 Å². The highest BCUT2D eigenvalue weighted by molar-refractivity contribution is 6.04. The van der Waals surface area contributed by atoms with Gasteiger partial charge in [-0.15, -0.1) is 0 Å². The molecule has 1 aliphatic heterocycles. The SMILES string of the molecule is O=C(Nc1cccc(C(F)(F)F)c1)c1cnc(-c2ccccc2)c(C#CCN2CCOCC2)c1. The smallest absolute Gasteiger partial charge is 0.379 e. The van der Waals surface area contributed by atoms with E-state index in [9.17, 15) is 18.0 Å². The number of nitrogens with one attached hydrogen (secondary N) is 1. The van der Waals surface area contributed by atoms with Crippen LogP contribution in [-0.2, 0) is 10.9 Å². The molecule has 0 spiro atoms. The number of nitrogens with zero attached hydrogens (tertiary/aromatic N) is 2. The van der Waals surface area contributed by atoms with Gasteiger partial charge in [0.2, 0.25) is 0 Å². The lowest BCUT2D eigenvalue weighted by Gasteiger charge is -2.24. The number of amides is 1. The van der Waals surface area contributed by atoms with Crippen molar-refractivity contribution < 1.29 is 22.7 Å². The number of alkyl halides is 3. The molecule has 1 fully saturated rings. The van der Waals surface area contributed by atoms with Crippen LogP contribution in [0.1, 0.15) is 21.5 Å². The maximum absolute atomic E-state index is 13.0. The first-order valence-electron chi connectivity index (χ1n) is 10.7. The van der Waals surface area contributed by atoms with Crippen molar-refractivity contribution in [2.45, 2.75) is 6.18 Å². The number of benzene rings is 2. The molecule has 1 N–H and O–H groups in total. The number of rotatable bonds is 4. The van der Waals surface area contributed by atoms with Crippen LogP contribution in [0.4, 0.5) is 18.9 Å². The van der Waals surface area contributed by atoms with Crippen LogP contribution < -0.4 is 5.32 Å². The predicted molar refractivity (Wildman–Crippen MR) is 123 cm³/mol. The molecule has 0 bridgehead atoms. The Morgan fingerprint density at radius 3 is 2.56 bits per heavy atom. The maximum Gasteiger partial charge on any atom is 0.416 e. The lowest BCUT2D eigenvalue weighted by molar-refractivity contribution is -0.137. The molecule has 1 saturated heterocycles. The third-order valence-corrected chi connectivity index (χ3v) is 5.27. The summed E-state index contributed by atoms with van der Waals surface area (Å²) >= 11 is 0. The molecular formula is C26H22F3N3O2. The summed E-state index contributed by atoms with van der Waals surface area (Å²) in [7, 11) is 0.